The molecule has 0 aliphatic rings. The van der Waals surface area contributed by atoms with E-state index >= 15 is 0 Å². The van der Waals surface area contributed by atoms with Gasteiger partial charge in [0.2, 0.25) is 11.8 Å². The van der Waals surface area contributed by atoms with Crippen LogP contribution in [0.5, 0.6) is 0 Å². The molecule has 6 heteroatoms. The summed E-state index contributed by atoms with van der Waals surface area (Å²) in [5.41, 5.74) is 19.8. The number of oxazole rings is 2. The molecule has 2 heterocycles. The highest BCUT2D eigenvalue weighted by Gasteiger charge is 2.12. The molecular formula is C26H18N4O2. The van der Waals surface area contributed by atoms with Crippen molar-refractivity contribution in [3.63, 3.8) is 0 Å². The number of hydrogen-bond donors (Lipinski definition) is 2. The predicted octanol–water partition coefficient (Wildman–Crippen LogP) is 6.13. The lowest BCUT2D eigenvalue weighted by Gasteiger charge is -2.00. The van der Waals surface area contributed by atoms with E-state index in [1.54, 1.807) is 0 Å². The van der Waals surface area contributed by atoms with Gasteiger partial charge >= 0.3 is 0 Å². The number of hydrogen-bond acceptors (Lipinski definition) is 6. The fourth-order valence-corrected chi connectivity index (χ4v) is 3.80. The largest absolute Gasteiger partial charge is 0.436 e. The van der Waals surface area contributed by atoms with E-state index in [0.717, 1.165) is 44.5 Å². The summed E-state index contributed by atoms with van der Waals surface area (Å²) >= 11 is 0. The average molecular weight is 418 g/mol. The van der Waals surface area contributed by atoms with Crippen LogP contribution in [-0.2, 0) is 0 Å². The molecule has 154 valence electrons. The summed E-state index contributed by atoms with van der Waals surface area (Å²) in [6.45, 7) is 0. The van der Waals surface area contributed by atoms with Gasteiger partial charge in [0.05, 0.1) is 0 Å². The number of nitrogen functional groups attached to an aromatic ring is 2. The molecule has 6 nitrogen and oxygen atoms in total. The van der Waals surface area contributed by atoms with Gasteiger partial charge in [-0.1, -0.05) is 24.3 Å². The Labute approximate surface area is 183 Å². The van der Waals surface area contributed by atoms with Gasteiger partial charge in [0.1, 0.15) is 11.0 Å². The summed E-state index contributed by atoms with van der Waals surface area (Å²) < 4.78 is 11.9. The second kappa shape index (κ2) is 6.99. The molecule has 0 saturated heterocycles. The first kappa shape index (κ1) is 18.2. The van der Waals surface area contributed by atoms with Crippen molar-refractivity contribution in [1.29, 1.82) is 0 Å². The Balaban J connectivity index is 1.39. The van der Waals surface area contributed by atoms with Crippen LogP contribution in [0, 0.1) is 0 Å². The molecule has 0 spiro atoms. The Morgan fingerprint density at radius 3 is 1.41 bits per heavy atom. The summed E-state index contributed by atoms with van der Waals surface area (Å²) in [7, 11) is 0. The third-order valence-electron chi connectivity index (χ3n) is 5.38. The van der Waals surface area contributed by atoms with Gasteiger partial charge in [-0.05, 0) is 71.8 Å². The molecule has 0 radical (unpaired) electrons. The Morgan fingerprint density at radius 2 is 0.969 bits per heavy atom. The van der Waals surface area contributed by atoms with E-state index in [1.165, 1.54) is 0 Å². The van der Waals surface area contributed by atoms with Crippen LogP contribution >= 0.6 is 0 Å². The molecule has 6 aromatic rings. The minimum absolute atomic E-state index is 0.545. The van der Waals surface area contributed by atoms with Crippen molar-refractivity contribution >= 4 is 33.6 Å². The average Bonchev–Trinajstić information content (AvgIpc) is 3.42. The van der Waals surface area contributed by atoms with Crippen molar-refractivity contribution < 1.29 is 8.83 Å². The van der Waals surface area contributed by atoms with Crippen molar-refractivity contribution in [2.45, 2.75) is 0 Å². The van der Waals surface area contributed by atoms with Crippen LogP contribution in [0.3, 0.4) is 0 Å². The molecule has 4 aromatic carbocycles. The van der Waals surface area contributed by atoms with E-state index in [0.29, 0.717) is 23.2 Å². The molecule has 2 aromatic heterocycles. The molecule has 0 saturated carbocycles. The summed E-state index contributed by atoms with van der Waals surface area (Å²) in [5.74, 6) is 1.09. The van der Waals surface area contributed by atoms with Gasteiger partial charge in [-0.25, -0.2) is 9.97 Å². The normalized spacial score (nSPS) is 11.4. The minimum Gasteiger partial charge on any atom is -0.436 e. The Kier molecular flexibility index (Phi) is 3.98. The van der Waals surface area contributed by atoms with Crippen molar-refractivity contribution in [2.24, 2.45) is 0 Å². The van der Waals surface area contributed by atoms with Crippen LogP contribution in [0.1, 0.15) is 0 Å². The number of aromatic nitrogens is 2. The van der Waals surface area contributed by atoms with Gasteiger partial charge in [-0.15, -0.1) is 0 Å². The van der Waals surface area contributed by atoms with Crippen LogP contribution in [-0.4, -0.2) is 9.97 Å². The molecule has 0 fully saturated rings. The number of nitrogens with zero attached hydrogens (tertiary/aromatic N) is 2. The molecule has 0 amide bonds. The van der Waals surface area contributed by atoms with Gasteiger partial charge in [-0.3, -0.25) is 0 Å². The molecule has 0 unspecified atom stereocenters. The van der Waals surface area contributed by atoms with Gasteiger partial charge in [0.25, 0.3) is 0 Å². The summed E-state index contributed by atoms with van der Waals surface area (Å²) in [5, 5.41) is 0. The van der Waals surface area contributed by atoms with E-state index in [2.05, 4.69) is 9.97 Å². The molecule has 4 N–H and O–H groups in total. The predicted molar refractivity (Wildman–Crippen MR) is 127 cm³/mol. The zero-order valence-corrected chi connectivity index (χ0v) is 16.9. The van der Waals surface area contributed by atoms with Crippen molar-refractivity contribution in [2.75, 3.05) is 11.5 Å². The second-order valence-corrected chi connectivity index (χ2v) is 7.65. The van der Waals surface area contributed by atoms with Gasteiger partial charge in [-0.2, -0.15) is 0 Å². The van der Waals surface area contributed by atoms with E-state index in [1.807, 2.05) is 84.9 Å². The summed E-state index contributed by atoms with van der Waals surface area (Å²) in [4.78, 5) is 9.31. The third-order valence-corrected chi connectivity index (χ3v) is 5.38. The number of anilines is 2. The van der Waals surface area contributed by atoms with Gasteiger partial charge < -0.3 is 20.3 Å². The topological polar surface area (TPSA) is 104 Å². The Bertz CT molecular complexity index is 1490. The van der Waals surface area contributed by atoms with Crippen molar-refractivity contribution in [3.05, 3.63) is 84.9 Å². The van der Waals surface area contributed by atoms with E-state index in [9.17, 15) is 0 Å². The number of fused-ring (bicyclic) bond motifs is 2. The fraction of sp³-hybridized carbons (Fsp3) is 0. The summed E-state index contributed by atoms with van der Waals surface area (Å²) in [6, 6.07) is 26.9. The Morgan fingerprint density at radius 1 is 0.500 bits per heavy atom. The SMILES string of the molecule is Nc1cccc(-c2nc3cc(-c4ccc5oc(-c6cccc(N)c6)nc5c4)ccc3o2)c1. The van der Waals surface area contributed by atoms with Crippen LogP contribution in [0.15, 0.2) is 93.8 Å². The lowest BCUT2D eigenvalue weighted by molar-refractivity contribution is 0.619. The first-order valence-corrected chi connectivity index (χ1v) is 10.2. The zero-order chi connectivity index (χ0) is 21.7. The first-order valence-electron chi connectivity index (χ1n) is 10.2. The van der Waals surface area contributed by atoms with E-state index < -0.39 is 0 Å². The first-order chi connectivity index (χ1) is 15.6. The van der Waals surface area contributed by atoms with Crippen LogP contribution in [0.2, 0.25) is 0 Å². The van der Waals surface area contributed by atoms with E-state index in [4.69, 9.17) is 20.3 Å². The smallest absolute Gasteiger partial charge is 0.227 e. The van der Waals surface area contributed by atoms with Gasteiger partial charge in [0, 0.05) is 22.5 Å². The molecular weight excluding hydrogens is 400 g/mol. The maximum absolute atomic E-state index is 5.93. The molecule has 0 aliphatic heterocycles. The highest BCUT2D eigenvalue weighted by atomic mass is 16.4. The van der Waals surface area contributed by atoms with Gasteiger partial charge in [0.15, 0.2) is 11.2 Å². The third kappa shape index (κ3) is 3.15. The lowest BCUT2D eigenvalue weighted by atomic mass is 10.0. The molecule has 0 aliphatic carbocycles. The standard InChI is InChI=1S/C26H18N4O2/c27-19-5-1-3-17(11-19)25-29-21-13-15(7-9-23(21)31-25)16-8-10-24-22(14-16)30-26(32-24)18-4-2-6-20(28)12-18/h1-14H,27-28H2. The maximum atomic E-state index is 5.93. The molecule has 0 bridgehead atoms. The minimum atomic E-state index is 0.545. The quantitative estimate of drug-likeness (QED) is 0.335. The summed E-state index contributed by atoms with van der Waals surface area (Å²) in [6.07, 6.45) is 0. The number of benzene rings is 4. The van der Waals surface area contributed by atoms with Crippen molar-refractivity contribution in [1.82, 2.24) is 9.97 Å². The molecule has 32 heavy (non-hydrogen) atoms. The van der Waals surface area contributed by atoms with Crippen LogP contribution in [0.25, 0.3) is 56.2 Å². The lowest BCUT2D eigenvalue weighted by Crippen LogP contribution is -1.84. The number of nitrogens with two attached hydrogens (primary N) is 2. The highest BCUT2D eigenvalue weighted by molar-refractivity contribution is 5.86. The highest BCUT2D eigenvalue weighted by Crippen LogP contribution is 2.32. The Hall–Kier alpha value is -4.58. The maximum Gasteiger partial charge on any atom is 0.227 e. The monoisotopic (exact) mass is 418 g/mol. The number of rotatable bonds is 3. The zero-order valence-electron chi connectivity index (χ0n) is 16.9. The fourth-order valence-electron chi connectivity index (χ4n) is 3.80. The molecule has 6 rings (SSSR count). The van der Waals surface area contributed by atoms with Crippen LogP contribution < -0.4 is 11.5 Å². The van der Waals surface area contributed by atoms with Crippen molar-refractivity contribution in [3.8, 4) is 34.0 Å². The second-order valence-electron chi connectivity index (χ2n) is 7.65. The molecule has 0 atom stereocenters. The van der Waals surface area contributed by atoms with Crippen LogP contribution in [0.4, 0.5) is 11.4 Å². The van der Waals surface area contributed by atoms with E-state index in [-0.39, 0.29) is 0 Å².